The highest BCUT2D eigenvalue weighted by Crippen LogP contribution is 2.39. The van der Waals surface area contributed by atoms with Crippen LogP contribution in [0.15, 0.2) is 54.6 Å². The molecule has 132 valence electrons. The third-order valence-electron chi connectivity index (χ3n) is 4.55. The zero-order valence-electron chi connectivity index (χ0n) is 14.6. The molecule has 26 heavy (non-hydrogen) atoms. The van der Waals surface area contributed by atoms with Crippen LogP contribution in [0.4, 0.5) is 0 Å². The van der Waals surface area contributed by atoms with E-state index in [2.05, 4.69) is 11.4 Å². The normalized spacial score (nSPS) is 15.4. The van der Waals surface area contributed by atoms with Gasteiger partial charge in [0.25, 0.3) is 5.91 Å². The fourth-order valence-corrected chi connectivity index (χ4v) is 2.82. The molecule has 0 aromatic heterocycles. The summed E-state index contributed by atoms with van der Waals surface area (Å²) in [5.41, 5.74) is 0.349. The molecule has 0 saturated heterocycles. The van der Waals surface area contributed by atoms with E-state index in [1.165, 1.54) is 0 Å². The second-order valence-electron chi connectivity index (χ2n) is 6.64. The van der Waals surface area contributed by atoms with Gasteiger partial charge in [0.2, 0.25) is 0 Å². The maximum absolute atomic E-state index is 12.3. The van der Waals surface area contributed by atoms with Crippen molar-refractivity contribution in [3.8, 4) is 11.8 Å². The molecule has 0 heterocycles. The Bertz CT molecular complexity index is 836. The summed E-state index contributed by atoms with van der Waals surface area (Å²) in [5, 5.41) is 12.0. The molecule has 1 amide bonds. The lowest BCUT2D eigenvalue weighted by Gasteiger charge is -2.22. The molecule has 1 atom stereocenters. The zero-order valence-corrected chi connectivity index (χ0v) is 14.6. The number of hydrogen-bond donors (Lipinski definition) is 1. The topological polar surface area (TPSA) is 79.2 Å². The van der Waals surface area contributed by atoms with Crippen molar-refractivity contribution in [3.63, 3.8) is 0 Å². The average Bonchev–Trinajstić information content (AvgIpc) is 3.53. The number of ketones is 1. The molecule has 0 radical (unpaired) electrons. The zero-order chi connectivity index (χ0) is 18.6. The van der Waals surface area contributed by atoms with Gasteiger partial charge in [-0.05, 0) is 49.9 Å². The van der Waals surface area contributed by atoms with Crippen LogP contribution in [0.25, 0.3) is 0 Å². The van der Waals surface area contributed by atoms with Gasteiger partial charge in [-0.2, -0.15) is 5.26 Å². The van der Waals surface area contributed by atoms with Gasteiger partial charge in [-0.15, -0.1) is 0 Å². The summed E-state index contributed by atoms with van der Waals surface area (Å²) in [6, 6.07) is 17.9. The summed E-state index contributed by atoms with van der Waals surface area (Å²) in [7, 11) is 0. The summed E-state index contributed by atoms with van der Waals surface area (Å²) in [5.74, 6) is 0.323. The van der Waals surface area contributed by atoms with Crippen LogP contribution < -0.4 is 10.1 Å². The van der Waals surface area contributed by atoms with Crippen molar-refractivity contribution < 1.29 is 14.3 Å². The number of amides is 1. The van der Waals surface area contributed by atoms with Crippen molar-refractivity contribution in [1.82, 2.24) is 5.32 Å². The Morgan fingerprint density at radius 1 is 1.12 bits per heavy atom. The molecule has 1 aliphatic carbocycles. The summed E-state index contributed by atoms with van der Waals surface area (Å²) in [6.45, 7) is 1.57. The molecular weight excluding hydrogens is 328 g/mol. The van der Waals surface area contributed by atoms with Crippen LogP contribution in [0.2, 0.25) is 0 Å². The fraction of sp³-hybridized carbons (Fsp3) is 0.286. The number of benzene rings is 2. The number of carbonyl (C=O) groups excluding carboxylic acids is 2. The van der Waals surface area contributed by atoms with Crippen LogP contribution in [0.1, 0.15) is 35.7 Å². The molecule has 5 heteroatoms. The fourth-order valence-electron chi connectivity index (χ4n) is 2.82. The van der Waals surface area contributed by atoms with Gasteiger partial charge >= 0.3 is 0 Å². The summed E-state index contributed by atoms with van der Waals surface area (Å²) < 4.78 is 5.47. The van der Waals surface area contributed by atoms with E-state index < -0.39 is 5.54 Å². The minimum Gasteiger partial charge on any atom is -0.484 e. The number of hydrogen-bond acceptors (Lipinski definition) is 4. The molecule has 0 unspecified atom stereocenters. The maximum Gasteiger partial charge on any atom is 0.259 e. The first-order valence-electron chi connectivity index (χ1n) is 8.57. The quantitative estimate of drug-likeness (QED) is 0.780. The van der Waals surface area contributed by atoms with Crippen molar-refractivity contribution in [3.05, 3.63) is 65.7 Å². The Balaban J connectivity index is 1.55. The molecular formula is C21H20N2O3. The number of carbonyl (C=O) groups is 2. The van der Waals surface area contributed by atoms with E-state index in [1.54, 1.807) is 43.3 Å². The Kier molecular flexibility index (Phi) is 5.04. The Hall–Kier alpha value is -3.13. The summed E-state index contributed by atoms with van der Waals surface area (Å²) in [6.07, 6.45) is 1.92. The molecule has 0 spiro atoms. The van der Waals surface area contributed by atoms with Crippen LogP contribution in [0.3, 0.4) is 0 Å². The molecule has 1 aliphatic rings. The largest absolute Gasteiger partial charge is 0.484 e. The summed E-state index contributed by atoms with van der Waals surface area (Å²) in [4.78, 5) is 24.4. The molecule has 3 rings (SSSR count). The molecule has 0 bridgehead atoms. The predicted molar refractivity (Wildman–Crippen MR) is 96.7 cm³/mol. The summed E-state index contributed by atoms with van der Waals surface area (Å²) >= 11 is 0. The van der Waals surface area contributed by atoms with E-state index in [4.69, 9.17) is 4.74 Å². The van der Waals surface area contributed by atoms with Crippen LogP contribution in [0.5, 0.6) is 5.75 Å². The number of rotatable bonds is 7. The van der Waals surface area contributed by atoms with E-state index in [1.807, 2.05) is 18.2 Å². The number of nitrogens with zero attached hydrogens (tertiary/aromatic N) is 1. The highest BCUT2D eigenvalue weighted by atomic mass is 16.5. The number of nitriles is 1. The first-order valence-corrected chi connectivity index (χ1v) is 8.57. The van der Waals surface area contributed by atoms with Gasteiger partial charge < -0.3 is 10.1 Å². The van der Waals surface area contributed by atoms with Gasteiger partial charge in [0, 0.05) is 11.1 Å². The minimum absolute atomic E-state index is 0.0656. The van der Waals surface area contributed by atoms with Crippen LogP contribution >= 0.6 is 0 Å². The SMILES string of the molecule is C[C@](C#N)(NC(=O)COc1ccc(C(=O)c2ccccc2)cc1)C1CC1. The minimum atomic E-state index is -0.827. The Morgan fingerprint density at radius 3 is 2.31 bits per heavy atom. The van der Waals surface area contributed by atoms with E-state index >= 15 is 0 Å². The molecule has 5 nitrogen and oxygen atoms in total. The van der Waals surface area contributed by atoms with E-state index in [0.29, 0.717) is 16.9 Å². The van der Waals surface area contributed by atoms with E-state index in [0.717, 1.165) is 12.8 Å². The monoisotopic (exact) mass is 348 g/mol. The first kappa shape index (κ1) is 17.7. The van der Waals surface area contributed by atoms with Gasteiger partial charge in [0.15, 0.2) is 12.4 Å². The third kappa shape index (κ3) is 4.09. The van der Waals surface area contributed by atoms with Crippen molar-refractivity contribution >= 4 is 11.7 Å². The molecule has 2 aromatic rings. The van der Waals surface area contributed by atoms with Crippen molar-refractivity contribution in [2.75, 3.05) is 6.61 Å². The second-order valence-corrected chi connectivity index (χ2v) is 6.64. The van der Waals surface area contributed by atoms with Gasteiger partial charge in [-0.3, -0.25) is 9.59 Å². The van der Waals surface area contributed by atoms with Crippen molar-refractivity contribution in [2.45, 2.75) is 25.3 Å². The van der Waals surface area contributed by atoms with Crippen LogP contribution in [-0.4, -0.2) is 23.8 Å². The van der Waals surface area contributed by atoms with Gasteiger partial charge in [0.1, 0.15) is 11.3 Å². The highest BCUT2D eigenvalue weighted by Gasteiger charge is 2.43. The molecule has 1 fully saturated rings. The lowest BCUT2D eigenvalue weighted by molar-refractivity contribution is -0.124. The maximum atomic E-state index is 12.3. The second kappa shape index (κ2) is 7.40. The van der Waals surface area contributed by atoms with E-state index in [9.17, 15) is 14.9 Å². The number of ether oxygens (including phenoxy) is 1. The smallest absolute Gasteiger partial charge is 0.259 e. The lowest BCUT2D eigenvalue weighted by atomic mass is 9.98. The van der Waals surface area contributed by atoms with Crippen LogP contribution in [0, 0.1) is 17.2 Å². The van der Waals surface area contributed by atoms with Gasteiger partial charge in [-0.25, -0.2) is 0 Å². The molecule has 1 saturated carbocycles. The van der Waals surface area contributed by atoms with Crippen molar-refractivity contribution in [2.24, 2.45) is 5.92 Å². The van der Waals surface area contributed by atoms with E-state index in [-0.39, 0.29) is 24.2 Å². The van der Waals surface area contributed by atoms with Crippen LogP contribution in [-0.2, 0) is 4.79 Å². The first-order chi connectivity index (χ1) is 12.5. The average molecular weight is 348 g/mol. The predicted octanol–water partition coefficient (Wildman–Crippen LogP) is 3.10. The van der Waals surface area contributed by atoms with Crippen molar-refractivity contribution in [1.29, 1.82) is 5.26 Å². The Labute approximate surface area is 152 Å². The standard InChI is InChI=1S/C21H20N2O3/c1-21(14-22,17-9-10-17)23-19(24)13-26-18-11-7-16(8-12-18)20(25)15-5-3-2-4-6-15/h2-8,11-12,17H,9-10,13H2,1H3,(H,23,24)/t21-/m1/s1. The molecule has 1 N–H and O–H groups in total. The lowest BCUT2D eigenvalue weighted by Crippen LogP contribution is -2.48. The number of nitrogens with one attached hydrogen (secondary N) is 1. The van der Waals surface area contributed by atoms with Gasteiger partial charge in [-0.1, -0.05) is 30.3 Å². The van der Waals surface area contributed by atoms with Gasteiger partial charge in [0.05, 0.1) is 6.07 Å². The highest BCUT2D eigenvalue weighted by molar-refractivity contribution is 6.08. The molecule has 0 aliphatic heterocycles. The molecule has 2 aromatic carbocycles. The Morgan fingerprint density at radius 2 is 1.73 bits per heavy atom. The third-order valence-corrected chi connectivity index (χ3v) is 4.55.